The van der Waals surface area contributed by atoms with Crippen LogP contribution in [0.1, 0.15) is 28.8 Å². The van der Waals surface area contributed by atoms with Gasteiger partial charge in [-0.15, -0.1) is 0 Å². The third kappa shape index (κ3) is 3.48. The fourth-order valence-electron chi connectivity index (χ4n) is 2.80. The highest BCUT2D eigenvalue weighted by Gasteiger charge is 2.19. The Hall–Kier alpha value is -1.62. The zero-order valence-corrected chi connectivity index (χ0v) is 12.5. The first-order valence-electron chi connectivity index (χ1n) is 7.07. The van der Waals surface area contributed by atoms with Crippen molar-refractivity contribution in [2.24, 2.45) is 5.92 Å². The van der Waals surface area contributed by atoms with E-state index in [0.29, 0.717) is 5.92 Å². The summed E-state index contributed by atoms with van der Waals surface area (Å²) in [7, 11) is 4.20. The van der Waals surface area contributed by atoms with Crippen molar-refractivity contribution >= 4 is 11.8 Å². The molecule has 1 aliphatic heterocycles. The fourth-order valence-corrected chi connectivity index (χ4v) is 2.80. The molecule has 0 radical (unpaired) electrons. The van der Waals surface area contributed by atoms with Crippen molar-refractivity contribution < 1.29 is 9.90 Å². The first-order valence-corrected chi connectivity index (χ1v) is 7.07. The maximum atomic E-state index is 10.9. The van der Waals surface area contributed by atoms with Crippen LogP contribution in [0.4, 0.5) is 5.82 Å². The molecule has 110 valence electrons. The quantitative estimate of drug-likeness (QED) is 0.910. The number of aromatic nitrogens is 1. The molecule has 5 nitrogen and oxygen atoms in total. The summed E-state index contributed by atoms with van der Waals surface area (Å²) in [6.07, 6.45) is 3.87. The maximum absolute atomic E-state index is 10.9. The van der Waals surface area contributed by atoms with E-state index in [4.69, 9.17) is 5.11 Å². The van der Waals surface area contributed by atoms with Crippen LogP contribution in [0.25, 0.3) is 0 Å². The number of carboxylic acid groups (broad SMARTS) is 1. The molecule has 0 atom stereocenters. The summed E-state index contributed by atoms with van der Waals surface area (Å²) in [6.45, 7) is 5.21. The number of hydrogen-bond donors (Lipinski definition) is 1. The van der Waals surface area contributed by atoms with Gasteiger partial charge < -0.3 is 14.9 Å². The lowest BCUT2D eigenvalue weighted by molar-refractivity contribution is 0.0696. The zero-order valence-electron chi connectivity index (χ0n) is 12.5. The second-order valence-corrected chi connectivity index (χ2v) is 5.80. The summed E-state index contributed by atoms with van der Waals surface area (Å²) in [5, 5.41) is 8.97. The van der Waals surface area contributed by atoms with E-state index in [0.717, 1.165) is 31.0 Å². The van der Waals surface area contributed by atoms with Crippen molar-refractivity contribution in [3.05, 3.63) is 23.4 Å². The van der Waals surface area contributed by atoms with Gasteiger partial charge in [-0.1, -0.05) is 0 Å². The maximum Gasteiger partial charge on any atom is 0.337 e. The molecule has 2 heterocycles. The standard InChI is InChI=1S/C15H23N3O2/c1-11-8-13(15(19)20)9-16-14(11)18(3)10-12-4-6-17(2)7-5-12/h8-9,12H,4-7,10H2,1-3H3,(H,19,20). The molecule has 20 heavy (non-hydrogen) atoms. The number of anilines is 1. The topological polar surface area (TPSA) is 56.7 Å². The number of piperidine rings is 1. The van der Waals surface area contributed by atoms with Gasteiger partial charge in [0.1, 0.15) is 5.82 Å². The van der Waals surface area contributed by atoms with Crippen LogP contribution in [0.5, 0.6) is 0 Å². The lowest BCUT2D eigenvalue weighted by Gasteiger charge is -2.32. The Morgan fingerprint density at radius 2 is 2.15 bits per heavy atom. The average molecular weight is 277 g/mol. The third-order valence-corrected chi connectivity index (χ3v) is 4.03. The van der Waals surface area contributed by atoms with Crippen LogP contribution in [-0.2, 0) is 0 Å². The molecule has 2 rings (SSSR count). The molecule has 0 aromatic carbocycles. The predicted octanol–water partition coefficient (Wildman–Crippen LogP) is 1.87. The van der Waals surface area contributed by atoms with Crippen molar-refractivity contribution in [1.82, 2.24) is 9.88 Å². The molecule has 0 aliphatic carbocycles. The van der Waals surface area contributed by atoms with Crippen molar-refractivity contribution in [3.8, 4) is 0 Å². The summed E-state index contributed by atoms with van der Waals surface area (Å²) in [5.74, 6) is 0.649. The van der Waals surface area contributed by atoms with E-state index >= 15 is 0 Å². The number of nitrogens with zero attached hydrogens (tertiary/aromatic N) is 3. The van der Waals surface area contributed by atoms with E-state index in [-0.39, 0.29) is 5.56 Å². The van der Waals surface area contributed by atoms with Crippen LogP contribution in [0.3, 0.4) is 0 Å². The number of carboxylic acids is 1. The molecule has 0 saturated carbocycles. The minimum atomic E-state index is -0.926. The smallest absolute Gasteiger partial charge is 0.337 e. The van der Waals surface area contributed by atoms with E-state index in [1.165, 1.54) is 19.0 Å². The minimum Gasteiger partial charge on any atom is -0.478 e. The molecule has 0 amide bonds. The average Bonchev–Trinajstić information content (AvgIpc) is 2.41. The van der Waals surface area contributed by atoms with Crippen LogP contribution in [0, 0.1) is 12.8 Å². The molecule has 1 fully saturated rings. The third-order valence-electron chi connectivity index (χ3n) is 4.03. The van der Waals surface area contributed by atoms with Crippen LogP contribution < -0.4 is 4.90 Å². The molecule has 1 aliphatic rings. The number of aromatic carboxylic acids is 1. The van der Waals surface area contributed by atoms with Gasteiger partial charge in [0.2, 0.25) is 0 Å². The number of pyridine rings is 1. The Labute approximate surface area is 120 Å². The summed E-state index contributed by atoms with van der Waals surface area (Å²) < 4.78 is 0. The number of rotatable bonds is 4. The Bertz CT molecular complexity index is 482. The molecule has 0 spiro atoms. The van der Waals surface area contributed by atoms with Crippen LogP contribution in [0.2, 0.25) is 0 Å². The Morgan fingerprint density at radius 1 is 1.50 bits per heavy atom. The number of hydrogen-bond acceptors (Lipinski definition) is 4. The van der Waals surface area contributed by atoms with Gasteiger partial charge in [0, 0.05) is 19.8 Å². The minimum absolute atomic E-state index is 0.249. The largest absolute Gasteiger partial charge is 0.478 e. The van der Waals surface area contributed by atoms with Crippen LogP contribution in [0.15, 0.2) is 12.3 Å². The van der Waals surface area contributed by atoms with Gasteiger partial charge in [0.25, 0.3) is 0 Å². The van der Waals surface area contributed by atoms with Crippen LogP contribution in [-0.4, -0.2) is 54.7 Å². The lowest BCUT2D eigenvalue weighted by Crippen LogP contribution is -2.36. The number of carbonyl (C=O) groups is 1. The molecular formula is C15H23N3O2. The molecule has 1 aromatic heterocycles. The predicted molar refractivity (Wildman–Crippen MR) is 79.4 cm³/mol. The van der Waals surface area contributed by atoms with E-state index in [2.05, 4.69) is 21.8 Å². The number of likely N-dealkylation sites (tertiary alicyclic amines) is 1. The van der Waals surface area contributed by atoms with Gasteiger partial charge in [-0.05, 0) is 57.5 Å². The summed E-state index contributed by atoms with van der Waals surface area (Å²) in [5.41, 5.74) is 1.17. The number of aryl methyl sites for hydroxylation is 1. The summed E-state index contributed by atoms with van der Waals surface area (Å²) >= 11 is 0. The monoisotopic (exact) mass is 277 g/mol. The SMILES string of the molecule is Cc1cc(C(=O)O)cnc1N(C)CC1CCN(C)CC1. The van der Waals surface area contributed by atoms with E-state index in [1.807, 2.05) is 14.0 Å². The molecule has 0 unspecified atom stereocenters. The first-order chi connectivity index (χ1) is 9.47. The molecule has 0 bridgehead atoms. The summed E-state index contributed by atoms with van der Waals surface area (Å²) in [6, 6.07) is 1.69. The molecule has 5 heteroatoms. The highest BCUT2D eigenvalue weighted by atomic mass is 16.4. The van der Waals surface area contributed by atoms with Gasteiger partial charge in [-0.25, -0.2) is 9.78 Å². The van der Waals surface area contributed by atoms with Gasteiger partial charge in [-0.3, -0.25) is 0 Å². The second-order valence-electron chi connectivity index (χ2n) is 5.80. The second kappa shape index (κ2) is 6.22. The molecule has 1 saturated heterocycles. The zero-order chi connectivity index (χ0) is 14.7. The normalized spacial score (nSPS) is 17.1. The lowest BCUT2D eigenvalue weighted by atomic mass is 9.96. The highest BCUT2D eigenvalue weighted by molar-refractivity contribution is 5.87. The van der Waals surface area contributed by atoms with E-state index in [9.17, 15) is 4.79 Å². The molecule has 1 N–H and O–H groups in total. The van der Waals surface area contributed by atoms with E-state index in [1.54, 1.807) is 6.07 Å². The van der Waals surface area contributed by atoms with Crippen molar-refractivity contribution in [2.75, 3.05) is 38.6 Å². The van der Waals surface area contributed by atoms with Gasteiger partial charge in [-0.2, -0.15) is 0 Å². The highest BCUT2D eigenvalue weighted by Crippen LogP contribution is 2.22. The van der Waals surface area contributed by atoms with Crippen molar-refractivity contribution in [3.63, 3.8) is 0 Å². The molecule has 1 aromatic rings. The summed E-state index contributed by atoms with van der Waals surface area (Å²) in [4.78, 5) is 19.8. The van der Waals surface area contributed by atoms with Crippen LogP contribution >= 0.6 is 0 Å². The fraction of sp³-hybridized carbons (Fsp3) is 0.600. The van der Waals surface area contributed by atoms with Crippen molar-refractivity contribution in [2.45, 2.75) is 19.8 Å². The molecular weight excluding hydrogens is 254 g/mol. The van der Waals surface area contributed by atoms with Gasteiger partial charge in [0.15, 0.2) is 0 Å². The Morgan fingerprint density at radius 3 is 2.70 bits per heavy atom. The first kappa shape index (κ1) is 14.8. The van der Waals surface area contributed by atoms with Crippen molar-refractivity contribution in [1.29, 1.82) is 0 Å². The van der Waals surface area contributed by atoms with Gasteiger partial charge >= 0.3 is 5.97 Å². The Balaban J connectivity index is 2.02. The van der Waals surface area contributed by atoms with Gasteiger partial charge in [0.05, 0.1) is 5.56 Å². The van der Waals surface area contributed by atoms with E-state index < -0.39 is 5.97 Å². The Kier molecular flexibility index (Phi) is 4.60.